The predicted molar refractivity (Wildman–Crippen MR) is 94.3 cm³/mol. The molecule has 25 heavy (non-hydrogen) atoms. The Morgan fingerprint density at radius 1 is 1.24 bits per heavy atom. The minimum absolute atomic E-state index is 0.343. The van der Waals surface area contributed by atoms with Gasteiger partial charge in [0.2, 0.25) is 0 Å². The first-order valence-electron chi connectivity index (χ1n) is 9.17. The number of carbonyl (C=O) groups is 1. The number of rotatable bonds is 6. The van der Waals surface area contributed by atoms with E-state index in [0.717, 1.165) is 35.7 Å². The van der Waals surface area contributed by atoms with Gasteiger partial charge in [0.15, 0.2) is 6.61 Å². The van der Waals surface area contributed by atoms with Crippen LogP contribution in [0.3, 0.4) is 0 Å². The molecule has 2 aromatic rings. The van der Waals surface area contributed by atoms with Crippen LogP contribution < -0.4 is 4.74 Å². The molecule has 3 atom stereocenters. The zero-order chi connectivity index (χ0) is 17.2. The molecule has 2 saturated carbocycles. The zero-order valence-corrected chi connectivity index (χ0v) is 14.3. The standard InChI is InChI=1S/C20H24N2O3/c23-19(24)13-25-18-7-2-1-5-17(18)20-21-10-11-22(20)12-15-9-8-14-4-3-6-16(14)15/h1-2,5,7,10-11,14-16H,3-4,6,8-9,12-13H2,(H,23,24)/t14-,15+,16-/m1/s1. The van der Waals surface area contributed by atoms with Crippen LogP contribution in [0.25, 0.3) is 11.4 Å². The van der Waals surface area contributed by atoms with E-state index in [1.165, 1.54) is 32.1 Å². The van der Waals surface area contributed by atoms with E-state index in [0.29, 0.717) is 5.75 Å². The Balaban J connectivity index is 1.56. The second-order valence-electron chi connectivity index (χ2n) is 7.27. The molecule has 0 bridgehead atoms. The quantitative estimate of drug-likeness (QED) is 0.868. The number of aliphatic carboxylic acids is 1. The second-order valence-corrected chi connectivity index (χ2v) is 7.27. The molecule has 0 amide bonds. The third-order valence-corrected chi connectivity index (χ3v) is 5.86. The van der Waals surface area contributed by atoms with Crippen LogP contribution in [-0.4, -0.2) is 27.2 Å². The van der Waals surface area contributed by atoms with Crippen molar-refractivity contribution in [1.82, 2.24) is 9.55 Å². The topological polar surface area (TPSA) is 64.3 Å². The maximum atomic E-state index is 10.8. The predicted octanol–water partition coefficient (Wildman–Crippen LogP) is 3.84. The van der Waals surface area contributed by atoms with Crippen molar-refractivity contribution in [2.45, 2.75) is 38.6 Å². The van der Waals surface area contributed by atoms with Crippen LogP contribution in [-0.2, 0) is 11.3 Å². The van der Waals surface area contributed by atoms with Crippen LogP contribution in [0.5, 0.6) is 5.75 Å². The number of para-hydroxylation sites is 1. The molecule has 132 valence electrons. The molecule has 1 aromatic heterocycles. The van der Waals surface area contributed by atoms with Gasteiger partial charge in [-0.05, 0) is 49.1 Å². The third-order valence-electron chi connectivity index (χ3n) is 5.86. The summed E-state index contributed by atoms with van der Waals surface area (Å²) in [6.07, 6.45) is 10.7. The van der Waals surface area contributed by atoms with E-state index >= 15 is 0 Å². The summed E-state index contributed by atoms with van der Waals surface area (Å²) in [4.78, 5) is 15.4. The summed E-state index contributed by atoms with van der Waals surface area (Å²) in [5.41, 5.74) is 0.856. The molecule has 1 N–H and O–H groups in total. The second kappa shape index (κ2) is 6.90. The number of nitrogens with zero attached hydrogens (tertiary/aromatic N) is 2. The largest absolute Gasteiger partial charge is 0.481 e. The Morgan fingerprint density at radius 3 is 3.00 bits per heavy atom. The Kier molecular flexibility index (Phi) is 4.47. The highest BCUT2D eigenvalue weighted by atomic mass is 16.5. The lowest BCUT2D eigenvalue weighted by Crippen LogP contribution is -2.16. The summed E-state index contributed by atoms with van der Waals surface area (Å²) >= 11 is 0. The fraction of sp³-hybridized carbons (Fsp3) is 0.500. The van der Waals surface area contributed by atoms with Crippen LogP contribution >= 0.6 is 0 Å². The van der Waals surface area contributed by atoms with Gasteiger partial charge >= 0.3 is 5.97 Å². The van der Waals surface area contributed by atoms with Crippen LogP contribution in [0.4, 0.5) is 0 Å². The molecular formula is C20H24N2O3. The van der Waals surface area contributed by atoms with Crippen molar-refractivity contribution in [1.29, 1.82) is 0 Å². The number of carboxylic acid groups (broad SMARTS) is 1. The van der Waals surface area contributed by atoms with Crippen LogP contribution in [0, 0.1) is 17.8 Å². The maximum Gasteiger partial charge on any atom is 0.341 e. The number of hydrogen-bond donors (Lipinski definition) is 1. The molecule has 1 aromatic carbocycles. The van der Waals surface area contributed by atoms with Crippen LogP contribution in [0.1, 0.15) is 32.1 Å². The smallest absolute Gasteiger partial charge is 0.341 e. The van der Waals surface area contributed by atoms with Gasteiger partial charge in [-0.15, -0.1) is 0 Å². The van der Waals surface area contributed by atoms with Gasteiger partial charge in [-0.3, -0.25) is 0 Å². The fourth-order valence-electron chi connectivity index (χ4n) is 4.78. The summed E-state index contributed by atoms with van der Waals surface area (Å²) in [7, 11) is 0. The van der Waals surface area contributed by atoms with Gasteiger partial charge in [0.1, 0.15) is 11.6 Å². The summed E-state index contributed by atoms with van der Waals surface area (Å²) in [6.45, 7) is 0.647. The van der Waals surface area contributed by atoms with Crippen molar-refractivity contribution < 1.29 is 14.6 Å². The van der Waals surface area contributed by atoms with Gasteiger partial charge in [0.25, 0.3) is 0 Å². The van der Waals surface area contributed by atoms with E-state index in [2.05, 4.69) is 9.55 Å². The third kappa shape index (κ3) is 3.28. The van der Waals surface area contributed by atoms with Gasteiger partial charge in [-0.25, -0.2) is 9.78 Å². The van der Waals surface area contributed by atoms with E-state index < -0.39 is 5.97 Å². The molecule has 4 rings (SSSR count). The molecule has 5 nitrogen and oxygen atoms in total. The molecule has 2 aliphatic rings. The monoisotopic (exact) mass is 340 g/mol. The van der Waals surface area contributed by atoms with Crippen molar-refractivity contribution in [3.8, 4) is 17.1 Å². The lowest BCUT2D eigenvalue weighted by Gasteiger charge is -2.20. The van der Waals surface area contributed by atoms with E-state index in [-0.39, 0.29) is 6.61 Å². The van der Waals surface area contributed by atoms with Crippen LogP contribution in [0.2, 0.25) is 0 Å². The van der Waals surface area contributed by atoms with Gasteiger partial charge in [0, 0.05) is 18.9 Å². The normalized spacial score (nSPS) is 25.0. The molecule has 0 unspecified atom stereocenters. The first kappa shape index (κ1) is 16.2. The lowest BCUT2D eigenvalue weighted by atomic mass is 9.92. The van der Waals surface area contributed by atoms with Crippen molar-refractivity contribution in [3.05, 3.63) is 36.7 Å². The average molecular weight is 340 g/mol. The minimum Gasteiger partial charge on any atom is -0.481 e. The Labute approximate surface area is 147 Å². The summed E-state index contributed by atoms with van der Waals surface area (Å²) < 4.78 is 7.68. The molecule has 0 aliphatic heterocycles. The first-order valence-corrected chi connectivity index (χ1v) is 9.17. The maximum absolute atomic E-state index is 10.8. The highest BCUT2D eigenvalue weighted by molar-refractivity contribution is 5.70. The number of ether oxygens (including phenoxy) is 1. The summed E-state index contributed by atoms with van der Waals surface area (Å²) in [6, 6.07) is 7.54. The number of aromatic nitrogens is 2. The lowest BCUT2D eigenvalue weighted by molar-refractivity contribution is -0.139. The molecular weight excluding hydrogens is 316 g/mol. The van der Waals surface area contributed by atoms with Crippen molar-refractivity contribution in [2.24, 2.45) is 17.8 Å². The number of carboxylic acids is 1. The highest BCUT2D eigenvalue weighted by Crippen LogP contribution is 2.48. The van der Waals surface area contributed by atoms with Crippen molar-refractivity contribution in [2.75, 3.05) is 6.61 Å². The molecule has 5 heteroatoms. The van der Waals surface area contributed by atoms with E-state index in [1.54, 1.807) is 6.07 Å². The Bertz CT molecular complexity index is 755. The van der Waals surface area contributed by atoms with Crippen molar-refractivity contribution >= 4 is 5.97 Å². The van der Waals surface area contributed by atoms with E-state index in [1.807, 2.05) is 30.6 Å². The SMILES string of the molecule is O=C(O)COc1ccccc1-c1nccn1C[C@@H]1CC[C@H]2CCC[C@H]21. The fourth-order valence-corrected chi connectivity index (χ4v) is 4.78. The van der Waals surface area contributed by atoms with Crippen LogP contribution in [0.15, 0.2) is 36.7 Å². The summed E-state index contributed by atoms with van der Waals surface area (Å²) in [5, 5.41) is 8.88. The highest BCUT2D eigenvalue weighted by Gasteiger charge is 2.39. The minimum atomic E-state index is -0.976. The van der Waals surface area contributed by atoms with Gasteiger partial charge in [0.05, 0.1) is 5.56 Å². The molecule has 1 heterocycles. The first-order chi connectivity index (χ1) is 12.2. The number of hydrogen-bond acceptors (Lipinski definition) is 3. The van der Waals surface area contributed by atoms with Gasteiger partial charge in [-0.2, -0.15) is 0 Å². The van der Waals surface area contributed by atoms with E-state index in [9.17, 15) is 4.79 Å². The number of imidazole rings is 1. The molecule has 2 fully saturated rings. The molecule has 0 spiro atoms. The molecule has 0 radical (unpaired) electrons. The Hall–Kier alpha value is -2.30. The van der Waals surface area contributed by atoms with Crippen molar-refractivity contribution in [3.63, 3.8) is 0 Å². The van der Waals surface area contributed by atoms with Gasteiger partial charge < -0.3 is 14.4 Å². The Morgan fingerprint density at radius 2 is 2.12 bits per heavy atom. The molecule has 0 saturated heterocycles. The number of fused-ring (bicyclic) bond motifs is 1. The van der Waals surface area contributed by atoms with E-state index in [4.69, 9.17) is 9.84 Å². The molecule has 2 aliphatic carbocycles. The number of benzene rings is 1. The average Bonchev–Trinajstić information content (AvgIpc) is 3.32. The zero-order valence-electron chi connectivity index (χ0n) is 14.3. The van der Waals surface area contributed by atoms with Gasteiger partial charge in [-0.1, -0.05) is 25.0 Å². The summed E-state index contributed by atoms with van der Waals surface area (Å²) in [5.74, 6) is 2.99.